The summed E-state index contributed by atoms with van der Waals surface area (Å²) in [6, 6.07) is 47.0. The zero-order valence-electron chi connectivity index (χ0n) is 50.8. The van der Waals surface area contributed by atoms with Gasteiger partial charge in [-0.25, -0.2) is 0 Å². The van der Waals surface area contributed by atoms with Crippen molar-refractivity contribution in [2.45, 2.75) is 193 Å². The summed E-state index contributed by atoms with van der Waals surface area (Å²) in [4.78, 5) is 2.73. The van der Waals surface area contributed by atoms with Crippen molar-refractivity contribution in [1.29, 1.82) is 0 Å². The zero-order chi connectivity index (χ0) is 57.6. The van der Waals surface area contributed by atoms with Gasteiger partial charge in [0, 0.05) is 30.3 Å². The molecule has 0 bridgehead atoms. The number of ether oxygens (including phenoxy) is 4. The van der Waals surface area contributed by atoms with Crippen LogP contribution in [-0.2, 0) is 10.8 Å². The van der Waals surface area contributed by atoms with Crippen LogP contribution in [0.1, 0.15) is 226 Å². The maximum absolute atomic E-state index is 6.54. The smallest absolute Gasteiger partial charge is 0.119 e. The van der Waals surface area contributed by atoms with Crippen LogP contribution in [0.25, 0.3) is 39.7 Å². The van der Waals surface area contributed by atoms with Crippen molar-refractivity contribution in [3.8, 4) is 43.9 Å². The second kappa shape index (κ2) is 29.3. The third-order valence-electron chi connectivity index (χ3n) is 18.0. The van der Waals surface area contributed by atoms with Crippen LogP contribution in [0.15, 0.2) is 132 Å². The largest absolute Gasteiger partial charge is 0.494 e. The van der Waals surface area contributed by atoms with Crippen LogP contribution >= 0.6 is 45.3 Å². The van der Waals surface area contributed by atoms with Gasteiger partial charge in [0.2, 0.25) is 0 Å². The number of benzene rings is 5. The Bertz CT molecular complexity index is 3110. The van der Waals surface area contributed by atoms with Gasteiger partial charge >= 0.3 is 0 Å². The lowest BCUT2D eigenvalue weighted by atomic mass is 9.66. The van der Waals surface area contributed by atoms with Gasteiger partial charge in [-0.15, -0.1) is 45.3 Å². The topological polar surface area (TPSA) is 36.9 Å². The predicted molar refractivity (Wildman–Crippen MR) is 363 cm³/mol. The second-order valence-corrected chi connectivity index (χ2v) is 27.8. The molecule has 9 aromatic rings. The standard InChI is InChI=1S/C76H90O4S4/c1-5-9-13-17-21-25-47-77-59-37-29-55(30-38-59)75(56-31-39-60(40-32-56)78-48-26-22-18-14-10-6-2)65-53-64-66(54-63(65)71-69(75)73-67(83-71)45-51-81-73)76(70-72(64)84-68-46-52-82-74(68)70,57-33-41-61(42-34-57)79-49-27-23-19-15-11-7-3)58-35-43-62(44-36-58)80-50-28-24-20-16-12-8-4/h29-46,51-54H,5-28,47-50H2,1-4H3. The molecule has 0 spiro atoms. The molecule has 0 saturated carbocycles. The van der Waals surface area contributed by atoms with Crippen molar-refractivity contribution < 1.29 is 18.9 Å². The highest BCUT2D eigenvalue weighted by Gasteiger charge is 2.54. The molecule has 4 aromatic heterocycles. The van der Waals surface area contributed by atoms with Gasteiger partial charge in [-0.3, -0.25) is 0 Å². The van der Waals surface area contributed by atoms with E-state index in [9.17, 15) is 0 Å². The van der Waals surface area contributed by atoms with Crippen LogP contribution in [-0.4, -0.2) is 26.4 Å². The van der Waals surface area contributed by atoms with Crippen LogP contribution in [0.5, 0.6) is 23.0 Å². The highest BCUT2D eigenvalue weighted by molar-refractivity contribution is 7.30. The van der Waals surface area contributed by atoms with Crippen LogP contribution in [0.4, 0.5) is 0 Å². The molecule has 0 atom stereocenters. The number of hydrogen-bond donors (Lipinski definition) is 0. The normalized spacial score (nSPS) is 13.6. The van der Waals surface area contributed by atoms with Gasteiger partial charge in [-0.05, 0) is 154 Å². The van der Waals surface area contributed by atoms with E-state index in [1.54, 1.807) is 0 Å². The van der Waals surface area contributed by atoms with Crippen molar-refractivity contribution in [3.63, 3.8) is 0 Å². The first-order valence-electron chi connectivity index (χ1n) is 32.7. The van der Waals surface area contributed by atoms with E-state index in [0.29, 0.717) is 0 Å². The molecule has 8 heteroatoms. The first kappa shape index (κ1) is 60.3. The van der Waals surface area contributed by atoms with Gasteiger partial charge in [0.15, 0.2) is 0 Å². The van der Waals surface area contributed by atoms with Gasteiger partial charge in [0.1, 0.15) is 23.0 Å². The highest BCUT2D eigenvalue weighted by atomic mass is 32.1. The fraction of sp³-hybridized carbons (Fsp3) is 0.447. The molecule has 0 radical (unpaired) electrons. The molecular formula is C76H90O4S4. The summed E-state index contributed by atoms with van der Waals surface area (Å²) in [7, 11) is 0. The summed E-state index contributed by atoms with van der Waals surface area (Å²) < 4.78 is 31.6. The van der Waals surface area contributed by atoms with E-state index in [2.05, 4.69) is 160 Å². The molecular weight excluding hydrogens is 1110 g/mol. The fourth-order valence-corrected chi connectivity index (χ4v) is 18.6. The number of thiophene rings is 4. The van der Waals surface area contributed by atoms with Crippen molar-refractivity contribution in [1.82, 2.24) is 0 Å². The minimum absolute atomic E-state index is 0.623. The highest BCUT2D eigenvalue weighted by Crippen LogP contribution is 2.67. The monoisotopic (exact) mass is 1190 g/mol. The molecule has 84 heavy (non-hydrogen) atoms. The Balaban J connectivity index is 1.04. The van der Waals surface area contributed by atoms with E-state index in [0.717, 1.165) is 75.1 Å². The molecule has 4 heterocycles. The van der Waals surface area contributed by atoms with Crippen molar-refractivity contribution in [2.75, 3.05) is 26.4 Å². The minimum Gasteiger partial charge on any atom is -0.494 e. The molecule has 0 amide bonds. The van der Waals surface area contributed by atoms with E-state index in [4.69, 9.17) is 18.9 Å². The van der Waals surface area contributed by atoms with Crippen molar-refractivity contribution >= 4 is 64.1 Å². The minimum atomic E-state index is -0.623. The molecule has 0 unspecified atom stereocenters. The van der Waals surface area contributed by atoms with Crippen molar-refractivity contribution in [3.05, 3.63) is 177 Å². The zero-order valence-corrected chi connectivity index (χ0v) is 54.0. The lowest BCUT2D eigenvalue weighted by Gasteiger charge is -2.35. The second-order valence-electron chi connectivity index (χ2n) is 23.8. The third kappa shape index (κ3) is 12.6. The molecule has 5 aromatic carbocycles. The third-order valence-corrected chi connectivity index (χ3v) is 22.5. The first-order chi connectivity index (χ1) is 41.5. The molecule has 4 nitrogen and oxygen atoms in total. The van der Waals surface area contributed by atoms with Crippen LogP contribution < -0.4 is 18.9 Å². The summed E-state index contributed by atoms with van der Waals surface area (Å²) in [5.41, 5.74) is 11.9. The van der Waals surface area contributed by atoms with Gasteiger partial charge in [0.25, 0.3) is 0 Å². The Morgan fingerprint density at radius 3 is 0.845 bits per heavy atom. The van der Waals surface area contributed by atoms with Crippen molar-refractivity contribution in [2.24, 2.45) is 0 Å². The molecule has 2 aliphatic carbocycles. The Hall–Kier alpha value is -5.38. The lowest BCUT2D eigenvalue weighted by Crippen LogP contribution is -2.30. The first-order valence-corrected chi connectivity index (χ1v) is 36.1. The number of rotatable bonds is 36. The Morgan fingerprint density at radius 2 is 0.571 bits per heavy atom. The summed E-state index contributed by atoms with van der Waals surface area (Å²) in [6.07, 6.45) is 29.8. The van der Waals surface area contributed by atoms with Crippen LogP contribution in [0, 0.1) is 0 Å². The average Bonchev–Trinajstić information content (AvgIpc) is 1.51. The van der Waals surface area contributed by atoms with Gasteiger partial charge in [0.05, 0.1) is 46.7 Å². The molecule has 442 valence electrons. The van der Waals surface area contributed by atoms with Gasteiger partial charge in [-0.2, -0.15) is 0 Å². The molecule has 2 aliphatic rings. The van der Waals surface area contributed by atoms with E-state index >= 15 is 0 Å². The number of hydrogen-bond acceptors (Lipinski definition) is 8. The summed E-state index contributed by atoms with van der Waals surface area (Å²) in [5, 5.41) is 4.59. The summed E-state index contributed by atoms with van der Waals surface area (Å²) in [5.74, 6) is 3.74. The van der Waals surface area contributed by atoms with Crippen LogP contribution in [0.3, 0.4) is 0 Å². The predicted octanol–water partition coefficient (Wildman–Crippen LogP) is 23.9. The SMILES string of the molecule is CCCCCCCCOc1ccc(C2(c3ccc(OCCCCCCCC)cc3)c3cc4c(cc3-c3sc5ccsc5c32)C(c2ccc(OCCCCCCCC)cc2)(c2ccc(OCCCCCCCC)cc2)c2c-4sc3ccsc23)cc1. The molecule has 0 fully saturated rings. The number of unbranched alkanes of at least 4 members (excludes halogenated alkanes) is 20. The molecule has 0 aliphatic heterocycles. The van der Waals surface area contributed by atoms with Gasteiger partial charge < -0.3 is 18.9 Å². The van der Waals surface area contributed by atoms with E-state index in [-0.39, 0.29) is 0 Å². The molecule has 11 rings (SSSR count). The summed E-state index contributed by atoms with van der Waals surface area (Å²) in [6.45, 7) is 12.1. The lowest BCUT2D eigenvalue weighted by molar-refractivity contribution is 0.304. The van der Waals surface area contributed by atoms with Crippen LogP contribution in [0.2, 0.25) is 0 Å². The van der Waals surface area contributed by atoms with E-state index in [1.807, 2.05) is 45.3 Å². The molecule has 0 N–H and O–H groups in total. The average molecular weight is 1200 g/mol. The fourth-order valence-electron chi connectivity index (χ4n) is 13.6. The van der Waals surface area contributed by atoms with E-state index < -0.39 is 10.8 Å². The van der Waals surface area contributed by atoms with E-state index in [1.165, 1.54) is 213 Å². The quantitative estimate of drug-likeness (QED) is 0.0367. The Morgan fingerprint density at radius 1 is 0.310 bits per heavy atom. The Kier molecular flexibility index (Phi) is 21.1. The Labute approximate surface area is 519 Å². The summed E-state index contributed by atoms with van der Waals surface area (Å²) >= 11 is 7.71. The maximum Gasteiger partial charge on any atom is 0.119 e. The number of fused-ring (bicyclic) bond motifs is 10. The maximum atomic E-state index is 6.54. The van der Waals surface area contributed by atoms with Gasteiger partial charge in [-0.1, -0.05) is 205 Å². The molecule has 0 saturated heterocycles.